The van der Waals surface area contributed by atoms with Gasteiger partial charge in [0.15, 0.2) is 11.8 Å². The van der Waals surface area contributed by atoms with Gasteiger partial charge in [-0.2, -0.15) is 5.26 Å². The summed E-state index contributed by atoms with van der Waals surface area (Å²) in [7, 11) is 3.52. The number of nitrogens with zero attached hydrogens (tertiary/aromatic N) is 4. The van der Waals surface area contributed by atoms with Gasteiger partial charge in [-0.1, -0.05) is 42.5 Å². The summed E-state index contributed by atoms with van der Waals surface area (Å²) >= 11 is 0. The summed E-state index contributed by atoms with van der Waals surface area (Å²) in [6.07, 6.45) is 2.04. The maximum atomic E-state index is 13.5. The molecule has 1 aromatic heterocycles. The molecule has 2 N–H and O–H groups in total. The number of nitriles is 1. The summed E-state index contributed by atoms with van der Waals surface area (Å²) in [6.45, 7) is 0.629. The molecule has 8 nitrogen and oxygen atoms in total. The highest BCUT2D eigenvalue weighted by molar-refractivity contribution is 5.96. The van der Waals surface area contributed by atoms with Crippen LogP contribution in [-0.2, 0) is 15.0 Å². The average molecular weight is 479 g/mol. The number of hydrogen-bond acceptors (Lipinski definition) is 7. The zero-order valence-corrected chi connectivity index (χ0v) is 20.2. The Hall–Kier alpha value is -4.44. The van der Waals surface area contributed by atoms with E-state index < -0.39 is 6.04 Å². The summed E-state index contributed by atoms with van der Waals surface area (Å²) in [5.74, 6) is 3.06. The molecule has 180 valence electrons. The van der Waals surface area contributed by atoms with E-state index in [1.165, 1.54) is 5.56 Å². The number of hydrogen-bond donors (Lipinski definition) is 2. The van der Waals surface area contributed by atoms with Gasteiger partial charge in [-0.05, 0) is 48.2 Å². The zero-order valence-electron chi connectivity index (χ0n) is 20.2. The molecule has 1 aliphatic heterocycles. The van der Waals surface area contributed by atoms with Gasteiger partial charge in [-0.3, -0.25) is 4.79 Å². The van der Waals surface area contributed by atoms with E-state index in [0.717, 1.165) is 24.1 Å². The van der Waals surface area contributed by atoms with Crippen molar-refractivity contribution in [3.05, 3.63) is 89.2 Å². The quantitative estimate of drug-likeness (QED) is 0.501. The number of nitrogens with one attached hydrogen (secondary N) is 2. The van der Waals surface area contributed by atoms with Crippen molar-refractivity contribution in [3.63, 3.8) is 0 Å². The van der Waals surface area contributed by atoms with Crippen molar-refractivity contribution >= 4 is 29.2 Å². The van der Waals surface area contributed by atoms with Crippen LogP contribution in [0, 0.1) is 11.3 Å². The van der Waals surface area contributed by atoms with Crippen LogP contribution in [0.4, 0.5) is 17.3 Å². The van der Waals surface area contributed by atoms with Gasteiger partial charge in [0.2, 0.25) is 11.7 Å². The standard InChI is InChI=1S/C28H26N6O2/c1-33-22-12-13-23(31-26(22)34(2)24(33)17-35)32-27(36)25(20-6-4-3-5-7-20)30-18-28(14-15-28)21-10-8-19(16-29)9-11-21/h3-13,25,30H,14-15,18H2,1-2H3,(H,31,32,36)/t25-/m0/s1. The highest BCUT2D eigenvalue weighted by Gasteiger charge is 2.44. The van der Waals surface area contributed by atoms with Gasteiger partial charge in [0, 0.05) is 26.1 Å². The van der Waals surface area contributed by atoms with Gasteiger partial charge < -0.3 is 20.4 Å². The third-order valence-corrected chi connectivity index (χ3v) is 7.03. The van der Waals surface area contributed by atoms with E-state index >= 15 is 0 Å². The lowest BCUT2D eigenvalue weighted by molar-refractivity contribution is -0.118. The smallest absolute Gasteiger partial charge is 0.247 e. The Labute approximate surface area is 209 Å². The SMILES string of the molecule is CN1C(=C=O)N(C)c2nc(NC(=O)[C@@H](NCC3(c4ccc(C#N)cc4)CC3)c3ccccc3)ccc21. The summed E-state index contributed by atoms with van der Waals surface area (Å²) in [6, 6.07) is 22.4. The van der Waals surface area contributed by atoms with Crippen molar-refractivity contribution in [2.45, 2.75) is 24.3 Å². The number of carbonyl (C=O) groups excluding carboxylic acids is 2. The van der Waals surface area contributed by atoms with E-state index in [1.807, 2.05) is 66.6 Å². The highest BCUT2D eigenvalue weighted by Crippen LogP contribution is 2.48. The van der Waals surface area contributed by atoms with E-state index in [2.05, 4.69) is 21.7 Å². The van der Waals surface area contributed by atoms with Crippen LogP contribution in [0.2, 0.25) is 0 Å². The number of fused-ring (bicyclic) bond motifs is 1. The Bertz CT molecular complexity index is 1390. The highest BCUT2D eigenvalue weighted by atomic mass is 16.2. The first-order chi connectivity index (χ1) is 17.5. The maximum absolute atomic E-state index is 13.5. The van der Waals surface area contributed by atoms with Crippen molar-refractivity contribution in [1.82, 2.24) is 10.3 Å². The molecule has 0 radical (unpaired) electrons. The largest absolute Gasteiger partial charge is 0.318 e. The van der Waals surface area contributed by atoms with Crippen LogP contribution in [-0.4, -0.2) is 37.5 Å². The van der Waals surface area contributed by atoms with Gasteiger partial charge in [-0.25, -0.2) is 9.78 Å². The predicted molar refractivity (Wildman–Crippen MR) is 138 cm³/mol. The number of carbonyl (C=O) groups is 1. The molecule has 0 unspecified atom stereocenters. The van der Waals surface area contributed by atoms with Crippen LogP contribution >= 0.6 is 0 Å². The Morgan fingerprint density at radius 1 is 1.06 bits per heavy atom. The monoisotopic (exact) mass is 478 g/mol. The Balaban J connectivity index is 1.36. The Morgan fingerprint density at radius 2 is 1.78 bits per heavy atom. The molecule has 2 heterocycles. The van der Waals surface area contributed by atoms with Crippen molar-refractivity contribution in [2.24, 2.45) is 0 Å². The lowest BCUT2D eigenvalue weighted by Gasteiger charge is -2.23. The molecule has 0 spiro atoms. The molecule has 1 amide bonds. The maximum Gasteiger partial charge on any atom is 0.247 e. The molecular weight excluding hydrogens is 452 g/mol. The number of pyridine rings is 1. The van der Waals surface area contributed by atoms with Gasteiger partial charge in [0.05, 0.1) is 17.3 Å². The average Bonchev–Trinajstić information content (AvgIpc) is 3.66. The van der Waals surface area contributed by atoms with E-state index in [9.17, 15) is 9.59 Å². The minimum absolute atomic E-state index is 0.0437. The molecule has 0 bridgehead atoms. The number of benzene rings is 2. The van der Waals surface area contributed by atoms with Crippen LogP contribution in [0.5, 0.6) is 0 Å². The first kappa shape index (κ1) is 23.3. The van der Waals surface area contributed by atoms with Crippen molar-refractivity contribution < 1.29 is 9.59 Å². The molecule has 0 saturated heterocycles. The fourth-order valence-corrected chi connectivity index (χ4v) is 4.72. The summed E-state index contributed by atoms with van der Waals surface area (Å²) < 4.78 is 0. The van der Waals surface area contributed by atoms with Gasteiger partial charge in [0.25, 0.3) is 0 Å². The van der Waals surface area contributed by atoms with Crippen LogP contribution in [0.25, 0.3) is 0 Å². The normalized spacial score (nSPS) is 16.1. The Kier molecular flexibility index (Phi) is 6.03. The van der Waals surface area contributed by atoms with Crippen molar-refractivity contribution in [3.8, 4) is 6.07 Å². The molecule has 1 atom stereocenters. The molecule has 2 aliphatic rings. The van der Waals surface area contributed by atoms with Gasteiger partial charge >= 0.3 is 0 Å². The minimum atomic E-state index is -0.581. The molecular formula is C28H26N6O2. The van der Waals surface area contributed by atoms with Crippen molar-refractivity contribution in [1.29, 1.82) is 5.26 Å². The molecule has 3 aromatic rings. The third kappa shape index (κ3) is 4.22. The van der Waals surface area contributed by atoms with Gasteiger partial charge in [0.1, 0.15) is 11.9 Å². The molecule has 36 heavy (non-hydrogen) atoms. The third-order valence-electron chi connectivity index (χ3n) is 7.03. The summed E-state index contributed by atoms with van der Waals surface area (Å²) in [5.41, 5.74) is 3.39. The van der Waals surface area contributed by atoms with E-state index in [0.29, 0.717) is 29.6 Å². The number of amides is 1. The first-order valence-corrected chi connectivity index (χ1v) is 11.8. The number of anilines is 3. The van der Waals surface area contributed by atoms with E-state index in [1.54, 1.807) is 30.0 Å². The second-order valence-corrected chi connectivity index (χ2v) is 9.27. The summed E-state index contributed by atoms with van der Waals surface area (Å²) in [5, 5.41) is 15.5. The molecule has 8 heteroatoms. The number of rotatable bonds is 7. The van der Waals surface area contributed by atoms with Crippen LogP contribution in [0.1, 0.15) is 35.6 Å². The van der Waals surface area contributed by atoms with Crippen molar-refractivity contribution in [2.75, 3.05) is 35.8 Å². The van der Waals surface area contributed by atoms with E-state index in [-0.39, 0.29) is 11.3 Å². The first-order valence-electron chi connectivity index (χ1n) is 11.8. The molecule has 5 rings (SSSR count). The zero-order chi connectivity index (χ0) is 25.3. The molecule has 1 fully saturated rings. The lowest BCUT2D eigenvalue weighted by atomic mass is 9.94. The van der Waals surface area contributed by atoms with E-state index in [4.69, 9.17) is 5.26 Å². The second kappa shape index (κ2) is 9.31. The number of aromatic nitrogens is 1. The topological polar surface area (TPSA) is 101 Å². The predicted octanol–water partition coefficient (Wildman–Crippen LogP) is 3.51. The molecule has 1 aliphatic carbocycles. The van der Waals surface area contributed by atoms with Crippen LogP contribution < -0.4 is 20.4 Å². The minimum Gasteiger partial charge on any atom is -0.318 e. The van der Waals surface area contributed by atoms with Crippen LogP contribution in [0.15, 0.2) is 72.6 Å². The fraction of sp³-hybridized carbons (Fsp3) is 0.250. The molecule has 2 aromatic carbocycles. The Morgan fingerprint density at radius 3 is 2.42 bits per heavy atom. The van der Waals surface area contributed by atoms with Crippen LogP contribution in [0.3, 0.4) is 0 Å². The molecule has 1 saturated carbocycles. The fourth-order valence-electron chi connectivity index (χ4n) is 4.72. The van der Waals surface area contributed by atoms with Gasteiger partial charge in [-0.15, -0.1) is 0 Å². The summed E-state index contributed by atoms with van der Waals surface area (Å²) in [4.78, 5) is 32.8. The second-order valence-electron chi connectivity index (χ2n) is 9.27. The lowest BCUT2D eigenvalue weighted by Crippen LogP contribution is -2.37.